The van der Waals surface area contributed by atoms with E-state index in [0.717, 1.165) is 25.7 Å². The molecule has 102 valence electrons. The zero-order valence-corrected chi connectivity index (χ0v) is 11.5. The number of nitrogens with one attached hydrogen (secondary N) is 1. The van der Waals surface area contributed by atoms with Gasteiger partial charge in [-0.2, -0.15) is 0 Å². The van der Waals surface area contributed by atoms with E-state index in [0.29, 0.717) is 0 Å². The maximum atomic E-state index is 4.22. The minimum absolute atomic E-state index is 0.769. The Kier molecular flexibility index (Phi) is 3.97. The number of hydrogen-bond donors (Lipinski definition) is 1. The van der Waals surface area contributed by atoms with E-state index < -0.39 is 0 Å². The lowest BCUT2D eigenvalue weighted by atomic mass is 10.0. The predicted molar refractivity (Wildman–Crippen MR) is 80.1 cm³/mol. The van der Waals surface area contributed by atoms with E-state index >= 15 is 0 Å². The molecule has 0 bridgehead atoms. The molecule has 2 aliphatic heterocycles. The lowest BCUT2D eigenvalue weighted by Crippen LogP contribution is -2.62. The first-order chi connectivity index (χ1) is 9.33. The van der Waals surface area contributed by atoms with Crippen molar-refractivity contribution < 1.29 is 0 Å². The molecule has 0 spiro atoms. The lowest BCUT2D eigenvalue weighted by Gasteiger charge is -2.47. The van der Waals surface area contributed by atoms with Crippen LogP contribution in [0.2, 0.25) is 0 Å². The third kappa shape index (κ3) is 3.06. The van der Waals surface area contributed by atoms with E-state index in [-0.39, 0.29) is 0 Å². The smallest absolute Gasteiger partial charge is 0.0351 e. The average molecular weight is 257 g/mol. The number of rotatable bonds is 4. The molecular formula is C16H23N3. The quantitative estimate of drug-likeness (QED) is 0.877. The lowest BCUT2D eigenvalue weighted by molar-refractivity contribution is 0.0364. The fourth-order valence-electron chi connectivity index (χ4n) is 2.98. The van der Waals surface area contributed by atoms with Crippen LogP contribution in [0.15, 0.2) is 36.9 Å². The Morgan fingerprint density at radius 1 is 1.16 bits per heavy atom. The first-order valence-electron chi connectivity index (χ1n) is 7.23. The highest BCUT2D eigenvalue weighted by atomic mass is 15.3. The van der Waals surface area contributed by atoms with Gasteiger partial charge in [0.05, 0.1) is 0 Å². The average Bonchev–Trinajstić information content (AvgIpc) is 2.44. The molecule has 1 aromatic carbocycles. The molecule has 2 heterocycles. The van der Waals surface area contributed by atoms with E-state index in [4.69, 9.17) is 0 Å². The second-order valence-electron chi connectivity index (χ2n) is 5.60. The summed E-state index contributed by atoms with van der Waals surface area (Å²) in [6.07, 6.45) is 0. The summed E-state index contributed by atoms with van der Waals surface area (Å²) in [6.45, 7) is 12.3. The number of piperazine rings is 1. The van der Waals surface area contributed by atoms with Crippen molar-refractivity contribution in [2.75, 3.05) is 45.8 Å². The van der Waals surface area contributed by atoms with Crippen molar-refractivity contribution in [1.82, 2.24) is 15.1 Å². The molecule has 0 saturated carbocycles. The minimum Gasteiger partial charge on any atom is -0.314 e. The van der Waals surface area contributed by atoms with Gasteiger partial charge in [0.2, 0.25) is 0 Å². The van der Waals surface area contributed by atoms with Crippen molar-refractivity contribution in [1.29, 1.82) is 0 Å². The molecule has 2 aliphatic rings. The van der Waals surface area contributed by atoms with Crippen LogP contribution >= 0.6 is 0 Å². The summed E-state index contributed by atoms with van der Waals surface area (Å²) in [4.78, 5) is 5.13. The zero-order valence-electron chi connectivity index (χ0n) is 11.5. The summed E-state index contributed by atoms with van der Waals surface area (Å²) in [7, 11) is 0. The first kappa shape index (κ1) is 12.9. The van der Waals surface area contributed by atoms with Gasteiger partial charge in [0.1, 0.15) is 0 Å². The van der Waals surface area contributed by atoms with Gasteiger partial charge >= 0.3 is 0 Å². The van der Waals surface area contributed by atoms with Crippen molar-refractivity contribution in [3.8, 4) is 0 Å². The SMILES string of the molecule is C=C(CN1CC(N2CCNCC2)C1)c1ccccc1. The molecule has 3 nitrogen and oxygen atoms in total. The molecule has 0 unspecified atom stereocenters. The van der Waals surface area contributed by atoms with Crippen molar-refractivity contribution in [2.45, 2.75) is 6.04 Å². The van der Waals surface area contributed by atoms with Gasteiger partial charge in [0, 0.05) is 51.9 Å². The Morgan fingerprint density at radius 2 is 1.84 bits per heavy atom. The Labute approximate surface area is 115 Å². The molecule has 0 radical (unpaired) electrons. The normalized spacial score (nSPS) is 22.1. The maximum absolute atomic E-state index is 4.22. The monoisotopic (exact) mass is 257 g/mol. The molecule has 3 rings (SSSR count). The molecule has 0 atom stereocenters. The largest absolute Gasteiger partial charge is 0.314 e. The first-order valence-corrected chi connectivity index (χ1v) is 7.23. The van der Waals surface area contributed by atoms with Crippen LogP contribution in [0.1, 0.15) is 5.56 Å². The van der Waals surface area contributed by atoms with E-state index in [1.54, 1.807) is 0 Å². The molecule has 0 aromatic heterocycles. The molecule has 2 saturated heterocycles. The number of hydrogen-bond acceptors (Lipinski definition) is 3. The highest BCUT2D eigenvalue weighted by molar-refractivity contribution is 5.64. The van der Waals surface area contributed by atoms with Gasteiger partial charge in [-0.25, -0.2) is 0 Å². The van der Waals surface area contributed by atoms with Crippen LogP contribution in [0.4, 0.5) is 0 Å². The van der Waals surface area contributed by atoms with Gasteiger partial charge in [-0.15, -0.1) is 0 Å². The number of likely N-dealkylation sites (tertiary alicyclic amines) is 1. The molecule has 1 aromatic rings. The molecule has 1 N–H and O–H groups in total. The van der Waals surface area contributed by atoms with Crippen LogP contribution < -0.4 is 5.32 Å². The summed E-state index contributed by atoms with van der Waals surface area (Å²) in [5.41, 5.74) is 2.51. The highest BCUT2D eigenvalue weighted by Crippen LogP contribution is 2.20. The number of benzene rings is 1. The van der Waals surface area contributed by atoms with E-state index in [2.05, 4.69) is 52.0 Å². The van der Waals surface area contributed by atoms with Gasteiger partial charge in [-0.1, -0.05) is 36.9 Å². The summed E-state index contributed by atoms with van der Waals surface area (Å²) in [5, 5.41) is 3.41. The van der Waals surface area contributed by atoms with Gasteiger partial charge in [-0.05, 0) is 11.1 Å². The third-order valence-corrected chi connectivity index (χ3v) is 4.20. The fourth-order valence-corrected chi connectivity index (χ4v) is 2.98. The summed E-state index contributed by atoms with van der Waals surface area (Å²) in [6, 6.07) is 11.3. The zero-order chi connectivity index (χ0) is 13.1. The Morgan fingerprint density at radius 3 is 2.53 bits per heavy atom. The minimum atomic E-state index is 0.769. The van der Waals surface area contributed by atoms with Gasteiger partial charge in [-0.3, -0.25) is 9.80 Å². The van der Waals surface area contributed by atoms with Crippen molar-refractivity contribution in [3.05, 3.63) is 42.5 Å². The van der Waals surface area contributed by atoms with E-state index in [1.165, 1.54) is 37.3 Å². The summed E-state index contributed by atoms with van der Waals surface area (Å²) in [5.74, 6) is 0. The van der Waals surface area contributed by atoms with Crippen LogP contribution in [0.25, 0.3) is 5.57 Å². The summed E-state index contributed by atoms with van der Waals surface area (Å²) >= 11 is 0. The molecule has 3 heteroatoms. The van der Waals surface area contributed by atoms with E-state index in [9.17, 15) is 0 Å². The van der Waals surface area contributed by atoms with Gasteiger partial charge in [0.15, 0.2) is 0 Å². The van der Waals surface area contributed by atoms with Crippen molar-refractivity contribution in [3.63, 3.8) is 0 Å². The molecule has 0 aliphatic carbocycles. The summed E-state index contributed by atoms with van der Waals surface area (Å²) < 4.78 is 0. The Hall–Kier alpha value is -1.16. The van der Waals surface area contributed by atoms with Crippen LogP contribution in [-0.2, 0) is 0 Å². The maximum Gasteiger partial charge on any atom is 0.0351 e. The molecule has 2 fully saturated rings. The number of nitrogens with zero attached hydrogens (tertiary/aromatic N) is 2. The second kappa shape index (κ2) is 5.87. The predicted octanol–water partition coefficient (Wildman–Crippen LogP) is 1.29. The van der Waals surface area contributed by atoms with Crippen LogP contribution in [0.5, 0.6) is 0 Å². The van der Waals surface area contributed by atoms with Crippen molar-refractivity contribution in [2.24, 2.45) is 0 Å². The molecular weight excluding hydrogens is 234 g/mol. The van der Waals surface area contributed by atoms with Crippen LogP contribution in [0.3, 0.4) is 0 Å². The second-order valence-corrected chi connectivity index (χ2v) is 5.60. The Bertz CT molecular complexity index is 417. The Balaban J connectivity index is 1.45. The third-order valence-electron chi connectivity index (χ3n) is 4.20. The van der Waals surface area contributed by atoms with Crippen LogP contribution in [-0.4, -0.2) is 61.7 Å². The van der Waals surface area contributed by atoms with Gasteiger partial charge < -0.3 is 5.32 Å². The molecule has 19 heavy (non-hydrogen) atoms. The van der Waals surface area contributed by atoms with E-state index in [1.807, 2.05) is 0 Å². The standard InChI is InChI=1S/C16H23N3/c1-14(15-5-3-2-4-6-15)11-18-12-16(13-18)19-9-7-17-8-10-19/h2-6,16-17H,1,7-13H2. The van der Waals surface area contributed by atoms with Crippen LogP contribution in [0, 0.1) is 0 Å². The van der Waals surface area contributed by atoms with Gasteiger partial charge in [0.25, 0.3) is 0 Å². The topological polar surface area (TPSA) is 18.5 Å². The fraction of sp³-hybridized carbons (Fsp3) is 0.500. The molecule has 0 amide bonds. The van der Waals surface area contributed by atoms with Crippen molar-refractivity contribution >= 4 is 5.57 Å². The highest BCUT2D eigenvalue weighted by Gasteiger charge is 2.32.